The molecule has 4 heteroatoms. The van der Waals surface area contributed by atoms with Crippen molar-refractivity contribution in [2.45, 2.75) is 0 Å². The van der Waals surface area contributed by atoms with Crippen molar-refractivity contribution in [1.82, 2.24) is 6.15 Å². The molecule has 38 valence electrons. The Hall–Kier alpha value is -0.280. The van der Waals surface area contributed by atoms with Gasteiger partial charge in [-0.15, -0.1) is 0 Å². The van der Waals surface area contributed by atoms with E-state index in [1.54, 1.807) is 0 Å². The summed E-state index contributed by atoms with van der Waals surface area (Å²) in [4.78, 5) is 9.36. The average molecular weight is 112 g/mol. The monoisotopic (exact) mass is 111 g/mol. The number of hydrogen-bond donors (Lipinski definition) is 1. The van der Waals surface area contributed by atoms with E-state index in [0.29, 0.717) is 0 Å². The molecular weight excluding hydrogens is 105 g/mol. The molecule has 0 aliphatic carbocycles. The molecule has 0 unspecified atom stereocenters. The Morgan fingerprint density at radius 3 is 2.00 bits per heavy atom. The van der Waals surface area contributed by atoms with Gasteiger partial charge in [-0.1, -0.05) is 0 Å². The van der Waals surface area contributed by atoms with E-state index in [-0.39, 0.29) is 6.15 Å². The number of hydrogen-bond acceptors (Lipinski definition) is 3. The van der Waals surface area contributed by atoms with E-state index < -0.39 is 5.43 Å². The molecule has 0 aromatic rings. The van der Waals surface area contributed by atoms with E-state index in [4.69, 9.17) is 0 Å². The van der Waals surface area contributed by atoms with E-state index >= 15 is 0 Å². The van der Waals surface area contributed by atoms with Gasteiger partial charge in [0.05, 0.1) is 7.11 Å². The first kappa shape index (κ1) is 9.21. The second-order valence-corrected chi connectivity index (χ2v) is 0.750. The van der Waals surface area contributed by atoms with Crippen molar-refractivity contribution in [1.29, 1.82) is 0 Å². The van der Waals surface area contributed by atoms with Gasteiger partial charge in [0.15, 0.2) is 0 Å². The molecule has 0 aliphatic heterocycles. The first-order chi connectivity index (χ1) is 2.27. The highest BCUT2D eigenvalue weighted by Gasteiger charge is 1.80. The lowest BCUT2D eigenvalue weighted by Gasteiger charge is -1.77. The van der Waals surface area contributed by atoms with Crippen LogP contribution in [0.2, 0.25) is 0 Å². The molecular formula is C2H6ClNO2. The summed E-state index contributed by atoms with van der Waals surface area (Å²) >= 11 is 4.60. The maximum atomic E-state index is 9.36. The van der Waals surface area contributed by atoms with Gasteiger partial charge in [0.25, 0.3) is 0 Å². The van der Waals surface area contributed by atoms with Gasteiger partial charge in [0.2, 0.25) is 0 Å². The normalized spacial score (nSPS) is 5.67. The van der Waals surface area contributed by atoms with Crippen molar-refractivity contribution in [3.05, 3.63) is 0 Å². The van der Waals surface area contributed by atoms with Crippen LogP contribution < -0.4 is 6.15 Å². The average Bonchev–Trinajstić information content (AvgIpc) is 1.38. The number of carbonyl (C=O) groups excluding carboxylic acids is 1. The van der Waals surface area contributed by atoms with Gasteiger partial charge in [-0.05, 0) is 0 Å². The Kier molecular flexibility index (Phi) is 7.24. The zero-order chi connectivity index (χ0) is 4.28. The predicted molar refractivity (Wildman–Crippen MR) is 23.3 cm³/mol. The molecule has 0 bridgehead atoms. The third-order valence-electron chi connectivity index (χ3n) is 0.160. The van der Waals surface area contributed by atoms with E-state index in [1.165, 1.54) is 7.11 Å². The Labute approximate surface area is 40.8 Å². The Balaban J connectivity index is 0. The molecule has 0 aromatic carbocycles. The first-order valence-corrected chi connectivity index (χ1v) is 1.38. The summed E-state index contributed by atoms with van der Waals surface area (Å²) in [6, 6.07) is 0. The number of halogens is 1. The number of carbonyl (C=O) groups is 1. The summed E-state index contributed by atoms with van der Waals surface area (Å²) in [6.07, 6.45) is 0. The maximum absolute atomic E-state index is 9.36. The first-order valence-electron chi connectivity index (χ1n) is 1.01. The van der Waals surface area contributed by atoms with Gasteiger partial charge in [-0.25, -0.2) is 4.79 Å². The molecule has 0 fully saturated rings. The maximum Gasteiger partial charge on any atom is 0.403 e. The van der Waals surface area contributed by atoms with Gasteiger partial charge in [0, 0.05) is 11.6 Å². The van der Waals surface area contributed by atoms with Crippen molar-refractivity contribution >= 4 is 17.0 Å². The van der Waals surface area contributed by atoms with Crippen molar-refractivity contribution in [3.8, 4) is 0 Å². The second kappa shape index (κ2) is 4.72. The minimum Gasteiger partial charge on any atom is -0.457 e. The number of methoxy groups -OCH3 is 1. The number of rotatable bonds is 0. The molecule has 0 amide bonds. The molecule has 3 nitrogen and oxygen atoms in total. The zero-order valence-corrected chi connectivity index (χ0v) is 4.16. The van der Waals surface area contributed by atoms with E-state index in [0.717, 1.165) is 0 Å². The zero-order valence-electron chi connectivity index (χ0n) is 3.40. The highest BCUT2D eigenvalue weighted by molar-refractivity contribution is 6.61. The standard InChI is InChI=1S/C2H3ClO2.H3N/c1-5-2(3)4;/h1H3;1H3. The van der Waals surface area contributed by atoms with Gasteiger partial charge in [-0.2, -0.15) is 0 Å². The molecule has 0 atom stereocenters. The third-order valence-corrected chi connectivity index (χ3v) is 0.315. The second-order valence-electron chi connectivity index (χ2n) is 0.442. The molecule has 0 heterocycles. The van der Waals surface area contributed by atoms with Crippen LogP contribution >= 0.6 is 11.6 Å². The highest BCUT2D eigenvalue weighted by atomic mass is 35.5. The van der Waals surface area contributed by atoms with Crippen molar-refractivity contribution in [2.24, 2.45) is 0 Å². The van der Waals surface area contributed by atoms with E-state index in [9.17, 15) is 4.79 Å². The van der Waals surface area contributed by atoms with Crippen LogP contribution in [0.25, 0.3) is 0 Å². The molecule has 0 rings (SSSR count). The van der Waals surface area contributed by atoms with Gasteiger partial charge >= 0.3 is 5.43 Å². The predicted octanol–water partition coefficient (Wildman–Crippen LogP) is 1.15. The molecule has 3 N–H and O–H groups in total. The summed E-state index contributed by atoms with van der Waals surface area (Å²) in [5, 5.41) is 0. The molecule has 0 saturated carbocycles. The van der Waals surface area contributed by atoms with Crippen LogP contribution in [-0.4, -0.2) is 12.5 Å². The molecule has 0 saturated heterocycles. The van der Waals surface area contributed by atoms with Crippen LogP contribution in [0.4, 0.5) is 4.79 Å². The van der Waals surface area contributed by atoms with E-state index in [2.05, 4.69) is 16.3 Å². The topological polar surface area (TPSA) is 61.3 Å². The van der Waals surface area contributed by atoms with Crippen molar-refractivity contribution in [3.63, 3.8) is 0 Å². The minimum absolute atomic E-state index is 0. The van der Waals surface area contributed by atoms with Gasteiger partial charge in [0.1, 0.15) is 0 Å². The van der Waals surface area contributed by atoms with Crippen LogP contribution in [0.1, 0.15) is 0 Å². The molecule has 0 aliphatic rings. The third kappa shape index (κ3) is 9.30. The smallest absolute Gasteiger partial charge is 0.403 e. The summed E-state index contributed by atoms with van der Waals surface area (Å²) in [5.74, 6) is 0. The lowest BCUT2D eigenvalue weighted by molar-refractivity contribution is 0.198. The number of ether oxygens (including phenoxy) is 1. The highest BCUT2D eigenvalue weighted by Crippen LogP contribution is 1.78. The molecule has 0 radical (unpaired) electrons. The van der Waals surface area contributed by atoms with Gasteiger partial charge in [-0.3, -0.25) is 0 Å². The van der Waals surface area contributed by atoms with Crippen LogP contribution in [0, 0.1) is 0 Å². The van der Waals surface area contributed by atoms with Crippen LogP contribution in [0.3, 0.4) is 0 Å². The Morgan fingerprint density at radius 2 is 2.00 bits per heavy atom. The van der Waals surface area contributed by atoms with Gasteiger partial charge < -0.3 is 10.9 Å². The SMILES string of the molecule is COC(=O)Cl.N. The van der Waals surface area contributed by atoms with Crippen LogP contribution in [0.5, 0.6) is 0 Å². The summed E-state index contributed by atoms with van der Waals surface area (Å²) < 4.78 is 3.88. The minimum atomic E-state index is -0.773. The van der Waals surface area contributed by atoms with E-state index in [1.807, 2.05) is 0 Å². The summed E-state index contributed by atoms with van der Waals surface area (Å²) in [7, 11) is 1.22. The fourth-order valence-corrected chi connectivity index (χ4v) is 0. The van der Waals surface area contributed by atoms with Crippen LogP contribution in [0.15, 0.2) is 0 Å². The lowest BCUT2D eigenvalue weighted by Crippen LogP contribution is -1.80. The lowest BCUT2D eigenvalue weighted by atomic mass is 11.5. The quantitative estimate of drug-likeness (QED) is 0.477. The van der Waals surface area contributed by atoms with Crippen LogP contribution in [-0.2, 0) is 4.74 Å². The fourth-order valence-electron chi connectivity index (χ4n) is 0. The summed E-state index contributed by atoms with van der Waals surface area (Å²) in [6.45, 7) is 0. The fraction of sp³-hybridized carbons (Fsp3) is 0.500. The Morgan fingerprint density at radius 1 is 1.83 bits per heavy atom. The molecule has 0 spiro atoms. The van der Waals surface area contributed by atoms with Crippen molar-refractivity contribution < 1.29 is 9.53 Å². The Bertz CT molecular complexity index is 46.8. The molecule has 6 heavy (non-hydrogen) atoms. The largest absolute Gasteiger partial charge is 0.457 e. The molecule has 0 aromatic heterocycles. The van der Waals surface area contributed by atoms with Crippen molar-refractivity contribution in [2.75, 3.05) is 7.11 Å². The summed E-state index contributed by atoms with van der Waals surface area (Å²) in [5.41, 5.74) is -0.773.